The number of halogens is 1. The summed E-state index contributed by atoms with van der Waals surface area (Å²) in [6.07, 6.45) is 4.92. The van der Waals surface area contributed by atoms with Crippen LogP contribution in [0.1, 0.15) is 26.2 Å². The molecule has 2 aromatic carbocycles. The van der Waals surface area contributed by atoms with Crippen molar-refractivity contribution in [2.75, 3.05) is 24.7 Å². The SMILES string of the molecule is C=CCCOC(=O)[C@H]1[C@H]2C(=O)N([C@@H](CC)CO)C(C(=O)N(CC=C)c3ccc4ccccc4c3)C23CC(Br)[C@@H]1S3. The van der Waals surface area contributed by atoms with Crippen LogP contribution in [0.15, 0.2) is 67.8 Å². The van der Waals surface area contributed by atoms with E-state index in [-0.39, 0.29) is 41.6 Å². The number of aliphatic hydroxyl groups is 1. The normalized spacial score (nSPS) is 29.3. The Morgan fingerprint density at radius 3 is 2.67 bits per heavy atom. The number of benzene rings is 2. The molecule has 5 rings (SSSR count). The predicted molar refractivity (Wildman–Crippen MR) is 162 cm³/mol. The first-order valence-corrected chi connectivity index (χ1v) is 15.6. The molecule has 2 bridgehead atoms. The summed E-state index contributed by atoms with van der Waals surface area (Å²) in [6, 6.07) is 12.4. The summed E-state index contributed by atoms with van der Waals surface area (Å²) in [5, 5.41) is 12.2. The molecule has 3 aliphatic rings. The van der Waals surface area contributed by atoms with E-state index in [1.807, 2.05) is 49.4 Å². The summed E-state index contributed by atoms with van der Waals surface area (Å²) < 4.78 is 4.76. The molecule has 9 heteroatoms. The van der Waals surface area contributed by atoms with Crippen LogP contribution in [0.25, 0.3) is 10.8 Å². The first-order valence-electron chi connectivity index (χ1n) is 13.8. The number of thioether (sulfide) groups is 1. The number of fused-ring (bicyclic) bond motifs is 2. The van der Waals surface area contributed by atoms with Crippen molar-refractivity contribution < 1.29 is 24.2 Å². The second-order valence-electron chi connectivity index (χ2n) is 10.7. The van der Waals surface area contributed by atoms with E-state index < -0.39 is 34.6 Å². The lowest BCUT2D eigenvalue weighted by Crippen LogP contribution is -2.58. The molecule has 0 aliphatic carbocycles. The summed E-state index contributed by atoms with van der Waals surface area (Å²) in [5.41, 5.74) is 0.709. The lowest BCUT2D eigenvalue weighted by molar-refractivity contribution is -0.154. The van der Waals surface area contributed by atoms with E-state index in [1.54, 1.807) is 33.7 Å². The van der Waals surface area contributed by atoms with Crippen molar-refractivity contribution >= 4 is 61.9 Å². The highest BCUT2D eigenvalue weighted by Gasteiger charge is 2.76. The largest absolute Gasteiger partial charge is 0.465 e. The monoisotopic (exact) mass is 626 g/mol. The number of nitrogens with zero attached hydrogens (tertiary/aromatic N) is 2. The quantitative estimate of drug-likeness (QED) is 0.168. The maximum absolute atomic E-state index is 14.7. The highest BCUT2D eigenvalue weighted by molar-refractivity contribution is 9.09. The number of carbonyl (C=O) groups excluding carboxylic acids is 3. The Kier molecular flexibility index (Phi) is 8.45. The van der Waals surface area contributed by atoms with Gasteiger partial charge in [0.25, 0.3) is 5.91 Å². The molecule has 212 valence electrons. The van der Waals surface area contributed by atoms with Gasteiger partial charge >= 0.3 is 5.97 Å². The Morgan fingerprint density at radius 2 is 2.00 bits per heavy atom. The molecular formula is C31H35BrN2O5S. The fourth-order valence-corrected chi connectivity index (χ4v) is 10.3. The second kappa shape index (κ2) is 11.7. The van der Waals surface area contributed by atoms with E-state index in [1.165, 1.54) is 0 Å². The van der Waals surface area contributed by atoms with Gasteiger partial charge in [0.05, 0.1) is 35.8 Å². The number of carbonyl (C=O) groups is 3. The van der Waals surface area contributed by atoms with Crippen LogP contribution in [0.3, 0.4) is 0 Å². The second-order valence-corrected chi connectivity index (χ2v) is 13.4. The van der Waals surface area contributed by atoms with Gasteiger partial charge in [-0.1, -0.05) is 65.3 Å². The number of alkyl halides is 1. The number of amides is 2. The Bertz CT molecular complexity index is 1330. The zero-order chi connectivity index (χ0) is 28.6. The Labute approximate surface area is 247 Å². The average Bonchev–Trinajstić information content (AvgIpc) is 3.55. The number of ether oxygens (including phenoxy) is 1. The van der Waals surface area contributed by atoms with Gasteiger partial charge in [0.1, 0.15) is 6.04 Å². The van der Waals surface area contributed by atoms with Crippen LogP contribution >= 0.6 is 27.7 Å². The topological polar surface area (TPSA) is 87.1 Å². The van der Waals surface area contributed by atoms with Gasteiger partial charge in [-0.15, -0.1) is 24.9 Å². The molecule has 0 saturated carbocycles. The molecule has 3 aliphatic heterocycles. The Balaban J connectivity index is 1.59. The molecule has 3 heterocycles. The van der Waals surface area contributed by atoms with Gasteiger partial charge in [-0.25, -0.2) is 0 Å². The molecule has 0 radical (unpaired) electrons. The minimum Gasteiger partial charge on any atom is -0.465 e. The number of aliphatic hydroxyl groups excluding tert-OH is 1. The summed E-state index contributed by atoms with van der Waals surface area (Å²) >= 11 is 5.34. The van der Waals surface area contributed by atoms with E-state index in [4.69, 9.17) is 4.74 Å². The summed E-state index contributed by atoms with van der Waals surface area (Å²) in [4.78, 5) is 45.6. The molecule has 7 nitrogen and oxygen atoms in total. The van der Waals surface area contributed by atoms with Crippen molar-refractivity contribution in [3.8, 4) is 0 Å². The van der Waals surface area contributed by atoms with Gasteiger partial charge in [0, 0.05) is 22.3 Å². The number of hydrogen-bond acceptors (Lipinski definition) is 6. The first-order chi connectivity index (χ1) is 19.3. The highest BCUT2D eigenvalue weighted by atomic mass is 79.9. The maximum Gasteiger partial charge on any atom is 0.310 e. The number of esters is 1. The smallest absolute Gasteiger partial charge is 0.310 e. The van der Waals surface area contributed by atoms with Crippen LogP contribution in [0.5, 0.6) is 0 Å². The van der Waals surface area contributed by atoms with E-state index in [2.05, 4.69) is 29.1 Å². The van der Waals surface area contributed by atoms with Crippen molar-refractivity contribution in [2.24, 2.45) is 11.8 Å². The van der Waals surface area contributed by atoms with Crippen LogP contribution in [0, 0.1) is 11.8 Å². The van der Waals surface area contributed by atoms with Crippen molar-refractivity contribution in [2.45, 2.75) is 53.1 Å². The summed E-state index contributed by atoms with van der Waals surface area (Å²) in [5.74, 6) is -2.27. The van der Waals surface area contributed by atoms with Gasteiger partial charge in [0.15, 0.2) is 0 Å². The average molecular weight is 628 g/mol. The van der Waals surface area contributed by atoms with E-state index in [9.17, 15) is 19.5 Å². The standard InChI is InChI=1S/C31H35BrN2O5S/c1-4-7-15-39-30(38)24-25-28(36)34(21(6-3)18-35)27(31(25)17-23(32)26(24)40-31)29(37)33(14-5-2)22-13-12-19-10-8-9-11-20(19)16-22/h4-5,8-13,16,21,23-27,35H,1-2,6-7,14-15,17-18H2,3H3/t21-,23?,24-,25-,26-,27?,31?/m0/s1. The lowest BCUT2D eigenvalue weighted by atomic mass is 9.71. The zero-order valence-corrected chi connectivity index (χ0v) is 25.0. The van der Waals surface area contributed by atoms with Gasteiger partial charge in [-0.05, 0) is 42.2 Å². The molecule has 2 amide bonds. The number of hydrogen-bond donors (Lipinski definition) is 1. The number of likely N-dealkylation sites (tertiary alicyclic amines) is 1. The van der Waals surface area contributed by atoms with Gasteiger partial charge in [-0.3, -0.25) is 14.4 Å². The molecular weight excluding hydrogens is 592 g/mol. The lowest BCUT2D eigenvalue weighted by Gasteiger charge is -2.39. The fourth-order valence-electron chi connectivity index (χ4n) is 6.71. The molecule has 3 fully saturated rings. The van der Waals surface area contributed by atoms with Crippen LogP contribution in [-0.4, -0.2) is 74.5 Å². The van der Waals surface area contributed by atoms with Crippen LogP contribution in [0.2, 0.25) is 0 Å². The van der Waals surface area contributed by atoms with Crippen molar-refractivity contribution in [1.29, 1.82) is 0 Å². The van der Waals surface area contributed by atoms with Crippen LogP contribution in [0.4, 0.5) is 5.69 Å². The summed E-state index contributed by atoms with van der Waals surface area (Å²) in [7, 11) is 0. The van der Waals surface area contributed by atoms with Gasteiger partial charge < -0.3 is 19.6 Å². The molecule has 3 unspecified atom stereocenters. The first kappa shape index (κ1) is 28.9. The molecule has 40 heavy (non-hydrogen) atoms. The van der Waals surface area contributed by atoms with Gasteiger partial charge in [-0.2, -0.15) is 0 Å². The molecule has 1 N–H and O–H groups in total. The third-order valence-corrected chi connectivity index (χ3v) is 11.7. The molecule has 0 aromatic heterocycles. The molecule has 2 aromatic rings. The van der Waals surface area contributed by atoms with Gasteiger partial charge in [0.2, 0.25) is 5.91 Å². The maximum atomic E-state index is 14.7. The minimum atomic E-state index is -0.852. The fraction of sp³-hybridized carbons (Fsp3) is 0.452. The third-order valence-electron chi connectivity index (χ3n) is 8.50. The molecule has 7 atom stereocenters. The minimum absolute atomic E-state index is 0.0588. The van der Waals surface area contributed by atoms with E-state index >= 15 is 0 Å². The third kappa shape index (κ3) is 4.60. The molecule has 3 saturated heterocycles. The Morgan fingerprint density at radius 1 is 1.25 bits per heavy atom. The zero-order valence-electron chi connectivity index (χ0n) is 22.6. The summed E-state index contributed by atoms with van der Waals surface area (Å²) in [6.45, 7) is 9.66. The van der Waals surface area contributed by atoms with Crippen LogP contribution in [-0.2, 0) is 19.1 Å². The van der Waals surface area contributed by atoms with Crippen molar-refractivity contribution in [3.63, 3.8) is 0 Å². The Hall–Kier alpha value is -2.62. The predicted octanol–water partition coefficient (Wildman–Crippen LogP) is 4.71. The van der Waals surface area contributed by atoms with Crippen molar-refractivity contribution in [1.82, 2.24) is 4.90 Å². The van der Waals surface area contributed by atoms with E-state index in [0.717, 1.165) is 10.8 Å². The van der Waals surface area contributed by atoms with E-state index in [0.29, 0.717) is 24.9 Å². The van der Waals surface area contributed by atoms with Crippen LogP contribution < -0.4 is 4.90 Å². The number of anilines is 1. The van der Waals surface area contributed by atoms with Crippen molar-refractivity contribution in [3.05, 3.63) is 67.8 Å². The highest BCUT2D eigenvalue weighted by Crippen LogP contribution is 2.68. The molecule has 1 spiro atoms. The number of rotatable bonds is 11.